The third-order valence-electron chi connectivity index (χ3n) is 4.25. The second kappa shape index (κ2) is 6.90. The molecule has 2 unspecified atom stereocenters. The van der Waals surface area contributed by atoms with Gasteiger partial charge in [-0.15, -0.1) is 12.4 Å². The summed E-state index contributed by atoms with van der Waals surface area (Å²) >= 11 is 6.00. The van der Waals surface area contributed by atoms with Crippen LogP contribution < -0.4 is 10.6 Å². The van der Waals surface area contributed by atoms with Crippen LogP contribution in [-0.2, 0) is 0 Å². The number of carbonyl (C=O) groups is 1. The molecule has 22 heavy (non-hydrogen) atoms. The van der Waals surface area contributed by atoms with Gasteiger partial charge in [0.2, 0.25) is 0 Å². The Bertz CT molecular complexity index is 684. The van der Waals surface area contributed by atoms with Crippen molar-refractivity contribution in [2.45, 2.75) is 26.3 Å². The van der Waals surface area contributed by atoms with Crippen molar-refractivity contribution in [2.24, 2.45) is 5.92 Å². The summed E-state index contributed by atoms with van der Waals surface area (Å²) in [6, 6.07) is 5.54. The van der Waals surface area contributed by atoms with E-state index in [1.165, 1.54) is 0 Å². The number of hydrogen-bond acceptors (Lipinski definition) is 3. The Labute approximate surface area is 141 Å². The van der Waals surface area contributed by atoms with Gasteiger partial charge >= 0.3 is 0 Å². The van der Waals surface area contributed by atoms with Gasteiger partial charge in [0.25, 0.3) is 5.91 Å². The number of halogens is 2. The van der Waals surface area contributed by atoms with Gasteiger partial charge in [0.15, 0.2) is 5.76 Å². The fourth-order valence-corrected chi connectivity index (χ4v) is 3.00. The number of benzene rings is 1. The van der Waals surface area contributed by atoms with Crippen LogP contribution in [0.4, 0.5) is 0 Å². The summed E-state index contributed by atoms with van der Waals surface area (Å²) in [6.45, 7) is 5.87. The lowest BCUT2D eigenvalue weighted by molar-refractivity contribution is 0.0888. The van der Waals surface area contributed by atoms with Crippen molar-refractivity contribution in [3.05, 3.63) is 34.5 Å². The fourth-order valence-electron chi connectivity index (χ4n) is 2.83. The molecular formula is C16H20Cl2N2O2. The molecule has 4 nitrogen and oxygen atoms in total. The van der Waals surface area contributed by atoms with Gasteiger partial charge in [-0.25, -0.2) is 0 Å². The molecule has 1 aliphatic heterocycles. The van der Waals surface area contributed by atoms with Gasteiger partial charge in [-0.2, -0.15) is 0 Å². The molecule has 6 heteroatoms. The largest absolute Gasteiger partial charge is 0.451 e. The van der Waals surface area contributed by atoms with Crippen LogP contribution in [0.15, 0.2) is 22.6 Å². The monoisotopic (exact) mass is 342 g/mol. The van der Waals surface area contributed by atoms with Gasteiger partial charge < -0.3 is 15.1 Å². The number of amides is 1. The van der Waals surface area contributed by atoms with Crippen molar-refractivity contribution in [1.29, 1.82) is 0 Å². The van der Waals surface area contributed by atoms with Gasteiger partial charge in [0, 0.05) is 28.6 Å². The molecule has 2 atom stereocenters. The SMILES string of the molecule is Cc1c(C(=O)NC2CNCCC2C)oc2ccc(Cl)cc12.Cl. The van der Waals surface area contributed by atoms with E-state index in [0.717, 1.165) is 30.5 Å². The Hall–Kier alpha value is -1.23. The number of carbonyl (C=O) groups excluding carboxylic acids is 1. The van der Waals surface area contributed by atoms with Crippen LogP contribution in [0.2, 0.25) is 5.02 Å². The van der Waals surface area contributed by atoms with E-state index >= 15 is 0 Å². The van der Waals surface area contributed by atoms with Gasteiger partial charge in [0.1, 0.15) is 5.58 Å². The maximum absolute atomic E-state index is 12.5. The van der Waals surface area contributed by atoms with Crippen LogP contribution in [0.25, 0.3) is 11.0 Å². The second-order valence-electron chi connectivity index (χ2n) is 5.75. The maximum atomic E-state index is 12.5. The summed E-state index contributed by atoms with van der Waals surface area (Å²) in [5, 5.41) is 7.91. The molecule has 0 saturated carbocycles. The van der Waals surface area contributed by atoms with E-state index in [4.69, 9.17) is 16.0 Å². The Balaban J connectivity index is 0.00000176. The topological polar surface area (TPSA) is 54.3 Å². The van der Waals surface area contributed by atoms with Gasteiger partial charge in [-0.3, -0.25) is 4.79 Å². The zero-order valence-electron chi connectivity index (χ0n) is 12.6. The minimum atomic E-state index is -0.152. The van der Waals surface area contributed by atoms with Crippen LogP contribution in [0.3, 0.4) is 0 Å². The van der Waals surface area contributed by atoms with Crippen molar-refractivity contribution in [3.63, 3.8) is 0 Å². The predicted molar refractivity (Wildman–Crippen MR) is 91.1 cm³/mol. The first-order valence-electron chi connectivity index (χ1n) is 7.26. The molecule has 1 aromatic carbocycles. The molecule has 1 saturated heterocycles. The summed E-state index contributed by atoms with van der Waals surface area (Å²) in [5.41, 5.74) is 1.53. The summed E-state index contributed by atoms with van der Waals surface area (Å²) in [6.07, 6.45) is 1.07. The highest BCUT2D eigenvalue weighted by molar-refractivity contribution is 6.31. The highest BCUT2D eigenvalue weighted by Gasteiger charge is 2.25. The molecule has 1 amide bonds. The second-order valence-corrected chi connectivity index (χ2v) is 6.18. The van der Waals surface area contributed by atoms with E-state index in [2.05, 4.69) is 17.6 Å². The van der Waals surface area contributed by atoms with Crippen molar-refractivity contribution in [1.82, 2.24) is 10.6 Å². The van der Waals surface area contributed by atoms with Crippen LogP contribution in [-0.4, -0.2) is 25.0 Å². The molecule has 2 N–H and O–H groups in total. The number of nitrogens with one attached hydrogen (secondary N) is 2. The van der Waals surface area contributed by atoms with E-state index in [1.54, 1.807) is 12.1 Å². The average Bonchev–Trinajstić information content (AvgIpc) is 2.79. The number of fused-ring (bicyclic) bond motifs is 1. The summed E-state index contributed by atoms with van der Waals surface area (Å²) < 4.78 is 5.70. The van der Waals surface area contributed by atoms with E-state index in [-0.39, 0.29) is 24.4 Å². The van der Waals surface area contributed by atoms with Crippen molar-refractivity contribution >= 4 is 40.9 Å². The first-order chi connectivity index (χ1) is 10.1. The number of furan rings is 1. The van der Waals surface area contributed by atoms with Gasteiger partial charge in [-0.1, -0.05) is 18.5 Å². The third-order valence-corrected chi connectivity index (χ3v) is 4.48. The highest BCUT2D eigenvalue weighted by Crippen LogP contribution is 2.28. The zero-order chi connectivity index (χ0) is 15.0. The lowest BCUT2D eigenvalue weighted by Gasteiger charge is -2.29. The minimum Gasteiger partial charge on any atom is -0.451 e. The van der Waals surface area contributed by atoms with E-state index in [1.807, 2.05) is 13.0 Å². The highest BCUT2D eigenvalue weighted by atomic mass is 35.5. The molecule has 0 bridgehead atoms. The first-order valence-corrected chi connectivity index (χ1v) is 7.64. The molecule has 0 radical (unpaired) electrons. The smallest absolute Gasteiger partial charge is 0.287 e. The molecule has 1 aromatic heterocycles. The Morgan fingerprint density at radius 3 is 2.95 bits per heavy atom. The Morgan fingerprint density at radius 1 is 1.45 bits per heavy atom. The van der Waals surface area contributed by atoms with Crippen molar-refractivity contribution in [3.8, 4) is 0 Å². The molecule has 0 aliphatic carbocycles. The Morgan fingerprint density at radius 2 is 2.23 bits per heavy atom. The quantitative estimate of drug-likeness (QED) is 0.877. The molecule has 2 aromatic rings. The number of piperidine rings is 1. The van der Waals surface area contributed by atoms with E-state index in [9.17, 15) is 4.79 Å². The molecule has 2 heterocycles. The standard InChI is InChI=1S/C16H19ClN2O2.ClH/c1-9-5-6-18-8-13(9)19-16(20)15-10(2)12-7-11(17)3-4-14(12)21-15;/h3-4,7,9,13,18H,5-6,8H2,1-2H3,(H,19,20);1H. The van der Waals surface area contributed by atoms with Gasteiger partial charge in [0.05, 0.1) is 0 Å². The molecule has 1 aliphatic rings. The fraction of sp³-hybridized carbons (Fsp3) is 0.438. The molecule has 1 fully saturated rings. The third kappa shape index (κ3) is 3.24. The maximum Gasteiger partial charge on any atom is 0.287 e. The first kappa shape index (κ1) is 17.1. The van der Waals surface area contributed by atoms with E-state index < -0.39 is 0 Å². The number of hydrogen-bond donors (Lipinski definition) is 2. The van der Waals surface area contributed by atoms with Crippen LogP contribution in [0, 0.1) is 12.8 Å². The Kier molecular flexibility index (Phi) is 5.37. The van der Waals surface area contributed by atoms with Crippen molar-refractivity contribution < 1.29 is 9.21 Å². The summed E-state index contributed by atoms with van der Waals surface area (Å²) in [5.74, 6) is 0.694. The summed E-state index contributed by atoms with van der Waals surface area (Å²) in [4.78, 5) is 12.5. The van der Waals surface area contributed by atoms with Crippen LogP contribution >= 0.6 is 24.0 Å². The number of rotatable bonds is 2. The predicted octanol–water partition coefficient (Wildman–Crippen LogP) is 3.54. The summed E-state index contributed by atoms with van der Waals surface area (Å²) in [7, 11) is 0. The van der Waals surface area contributed by atoms with Crippen LogP contribution in [0.1, 0.15) is 29.5 Å². The lowest BCUT2D eigenvalue weighted by Crippen LogP contribution is -2.50. The minimum absolute atomic E-state index is 0. The van der Waals surface area contributed by atoms with Gasteiger partial charge in [-0.05, 0) is 44.0 Å². The molecular weight excluding hydrogens is 323 g/mol. The van der Waals surface area contributed by atoms with Crippen LogP contribution in [0.5, 0.6) is 0 Å². The molecule has 120 valence electrons. The zero-order valence-corrected chi connectivity index (χ0v) is 14.2. The lowest BCUT2D eigenvalue weighted by atomic mass is 9.94. The normalized spacial score (nSPS) is 21.4. The van der Waals surface area contributed by atoms with E-state index in [0.29, 0.717) is 22.3 Å². The number of aryl methyl sites for hydroxylation is 1. The molecule has 3 rings (SSSR count). The average molecular weight is 343 g/mol. The van der Waals surface area contributed by atoms with Crippen molar-refractivity contribution in [2.75, 3.05) is 13.1 Å². The molecule has 0 spiro atoms.